The van der Waals surface area contributed by atoms with Crippen LogP contribution in [-0.4, -0.2) is 23.1 Å². The van der Waals surface area contributed by atoms with Gasteiger partial charge in [0.1, 0.15) is 5.82 Å². The lowest BCUT2D eigenvalue weighted by Crippen LogP contribution is -2.29. The topological polar surface area (TPSA) is 37.8 Å². The maximum absolute atomic E-state index is 5.94. The molecule has 0 amide bonds. The Bertz CT molecular complexity index is 535. The van der Waals surface area contributed by atoms with Crippen LogP contribution in [0, 0.1) is 0 Å². The number of rotatable bonds is 1. The van der Waals surface area contributed by atoms with Gasteiger partial charge in [0.2, 0.25) is 0 Å². The Balaban J connectivity index is 1.98. The number of benzene rings is 1. The molecule has 0 radical (unpaired) electrons. The standard InChI is InChI=1S/C13H14ClN3/c14-11-3-4-12-10(6-11)8-16-13(17-12)9-2-1-5-15-7-9/h3-4,6,8-9,15H,1-2,5,7H2. The van der Waals surface area contributed by atoms with Crippen molar-refractivity contribution in [3.8, 4) is 0 Å². The van der Waals surface area contributed by atoms with Crippen molar-refractivity contribution in [2.24, 2.45) is 0 Å². The predicted molar refractivity (Wildman–Crippen MR) is 69.4 cm³/mol. The van der Waals surface area contributed by atoms with E-state index < -0.39 is 0 Å². The summed E-state index contributed by atoms with van der Waals surface area (Å²) >= 11 is 5.94. The fraction of sp³-hybridized carbons (Fsp3) is 0.385. The molecule has 2 aromatic rings. The van der Waals surface area contributed by atoms with E-state index in [0.29, 0.717) is 5.92 Å². The van der Waals surface area contributed by atoms with Gasteiger partial charge in [-0.15, -0.1) is 0 Å². The molecule has 1 aliphatic heterocycles. The third-order valence-electron chi connectivity index (χ3n) is 3.22. The summed E-state index contributed by atoms with van der Waals surface area (Å²) in [6, 6.07) is 5.73. The molecule has 0 saturated carbocycles. The van der Waals surface area contributed by atoms with Gasteiger partial charge in [-0.2, -0.15) is 0 Å². The third kappa shape index (κ3) is 2.26. The van der Waals surface area contributed by atoms with E-state index in [1.165, 1.54) is 12.8 Å². The van der Waals surface area contributed by atoms with Crippen molar-refractivity contribution in [1.82, 2.24) is 15.3 Å². The molecule has 1 saturated heterocycles. The first-order chi connectivity index (χ1) is 8.33. The Morgan fingerprint density at radius 3 is 3.12 bits per heavy atom. The summed E-state index contributed by atoms with van der Waals surface area (Å²) in [6.45, 7) is 2.10. The van der Waals surface area contributed by atoms with Crippen LogP contribution in [0.2, 0.25) is 5.02 Å². The maximum Gasteiger partial charge on any atom is 0.133 e. The zero-order valence-electron chi connectivity index (χ0n) is 9.49. The summed E-state index contributed by atoms with van der Waals surface area (Å²) in [4.78, 5) is 9.09. The maximum atomic E-state index is 5.94. The molecule has 1 aliphatic rings. The predicted octanol–water partition coefficient (Wildman–Crippen LogP) is 2.75. The lowest BCUT2D eigenvalue weighted by atomic mass is 9.99. The number of fused-ring (bicyclic) bond motifs is 1. The van der Waals surface area contributed by atoms with Gasteiger partial charge in [-0.25, -0.2) is 9.97 Å². The first-order valence-electron chi connectivity index (χ1n) is 5.96. The largest absolute Gasteiger partial charge is 0.316 e. The van der Waals surface area contributed by atoms with Crippen molar-refractivity contribution in [1.29, 1.82) is 0 Å². The average molecular weight is 248 g/mol. The molecule has 4 heteroatoms. The zero-order valence-corrected chi connectivity index (χ0v) is 10.2. The van der Waals surface area contributed by atoms with Crippen LogP contribution < -0.4 is 5.32 Å². The van der Waals surface area contributed by atoms with Crippen molar-refractivity contribution < 1.29 is 0 Å². The molecule has 0 spiro atoms. The second kappa shape index (κ2) is 4.59. The molecule has 2 heterocycles. The summed E-state index contributed by atoms with van der Waals surface area (Å²) in [5.74, 6) is 1.40. The van der Waals surface area contributed by atoms with E-state index in [-0.39, 0.29) is 0 Å². The van der Waals surface area contributed by atoms with E-state index in [0.717, 1.165) is 34.8 Å². The molecular weight excluding hydrogens is 234 g/mol. The van der Waals surface area contributed by atoms with E-state index >= 15 is 0 Å². The van der Waals surface area contributed by atoms with Gasteiger partial charge in [-0.05, 0) is 37.6 Å². The van der Waals surface area contributed by atoms with E-state index in [9.17, 15) is 0 Å². The number of hydrogen-bond donors (Lipinski definition) is 1. The minimum atomic E-state index is 0.448. The highest BCUT2D eigenvalue weighted by molar-refractivity contribution is 6.31. The van der Waals surface area contributed by atoms with Crippen LogP contribution in [0.1, 0.15) is 24.6 Å². The summed E-state index contributed by atoms with van der Waals surface area (Å²) in [5, 5.41) is 5.12. The Morgan fingerprint density at radius 2 is 2.29 bits per heavy atom. The first-order valence-corrected chi connectivity index (χ1v) is 6.33. The van der Waals surface area contributed by atoms with Crippen LogP contribution in [0.15, 0.2) is 24.4 Å². The van der Waals surface area contributed by atoms with Gasteiger partial charge in [0.05, 0.1) is 5.52 Å². The second-order valence-corrected chi connectivity index (χ2v) is 4.91. The second-order valence-electron chi connectivity index (χ2n) is 4.47. The Morgan fingerprint density at radius 1 is 1.35 bits per heavy atom. The molecule has 0 bridgehead atoms. The van der Waals surface area contributed by atoms with Crippen LogP contribution >= 0.6 is 11.6 Å². The summed E-state index contributed by atoms with van der Waals surface area (Å²) < 4.78 is 0. The lowest BCUT2D eigenvalue weighted by Gasteiger charge is -2.21. The number of hydrogen-bond acceptors (Lipinski definition) is 3. The van der Waals surface area contributed by atoms with Crippen LogP contribution in [0.4, 0.5) is 0 Å². The molecule has 0 aliphatic carbocycles. The number of nitrogens with one attached hydrogen (secondary N) is 1. The molecule has 1 N–H and O–H groups in total. The first kappa shape index (κ1) is 10.9. The van der Waals surface area contributed by atoms with Gasteiger partial charge in [0.15, 0.2) is 0 Å². The Labute approximate surface area is 105 Å². The lowest BCUT2D eigenvalue weighted by molar-refractivity contribution is 0.447. The van der Waals surface area contributed by atoms with Crippen molar-refractivity contribution in [3.63, 3.8) is 0 Å². The highest BCUT2D eigenvalue weighted by atomic mass is 35.5. The molecule has 88 valence electrons. The van der Waals surface area contributed by atoms with Crippen molar-refractivity contribution in [2.75, 3.05) is 13.1 Å². The molecule has 1 aromatic carbocycles. The Kier molecular flexibility index (Phi) is 2.95. The van der Waals surface area contributed by atoms with Gasteiger partial charge in [0, 0.05) is 29.1 Å². The van der Waals surface area contributed by atoms with Crippen LogP contribution in [0.5, 0.6) is 0 Å². The minimum Gasteiger partial charge on any atom is -0.316 e. The van der Waals surface area contributed by atoms with Gasteiger partial charge >= 0.3 is 0 Å². The van der Waals surface area contributed by atoms with Gasteiger partial charge < -0.3 is 5.32 Å². The van der Waals surface area contributed by atoms with E-state index in [2.05, 4.69) is 15.3 Å². The summed E-state index contributed by atoms with van der Waals surface area (Å²) in [7, 11) is 0. The molecule has 17 heavy (non-hydrogen) atoms. The molecule has 1 aromatic heterocycles. The highest BCUT2D eigenvalue weighted by Crippen LogP contribution is 2.23. The smallest absolute Gasteiger partial charge is 0.133 e. The molecule has 1 atom stereocenters. The van der Waals surface area contributed by atoms with E-state index in [4.69, 9.17) is 11.6 Å². The fourth-order valence-corrected chi connectivity index (χ4v) is 2.47. The number of piperidine rings is 1. The molecule has 1 unspecified atom stereocenters. The van der Waals surface area contributed by atoms with E-state index in [1.54, 1.807) is 0 Å². The minimum absolute atomic E-state index is 0.448. The third-order valence-corrected chi connectivity index (χ3v) is 3.46. The number of nitrogens with zero attached hydrogens (tertiary/aromatic N) is 2. The SMILES string of the molecule is Clc1ccc2nc(C3CCCNC3)ncc2c1. The van der Waals surface area contributed by atoms with E-state index in [1.807, 2.05) is 24.4 Å². The zero-order chi connectivity index (χ0) is 11.7. The quantitative estimate of drug-likeness (QED) is 0.842. The van der Waals surface area contributed by atoms with Crippen molar-refractivity contribution >= 4 is 22.5 Å². The monoisotopic (exact) mass is 247 g/mol. The van der Waals surface area contributed by atoms with Gasteiger partial charge in [0.25, 0.3) is 0 Å². The van der Waals surface area contributed by atoms with Crippen LogP contribution in [0.25, 0.3) is 10.9 Å². The van der Waals surface area contributed by atoms with Gasteiger partial charge in [-0.1, -0.05) is 11.6 Å². The average Bonchev–Trinajstić information content (AvgIpc) is 2.39. The van der Waals surface area contributed by atoms with Crippen molar-refractivity contribution in [3.05, 3.63) is 35.2 Å². The summed E-state index contributed by atoms with van der Waals surface area (Å²) in [6.07, 6.45) is 4.25. The summed E-state index contributed by atoms with van der Waals surface area (Å²) in [5.41, 5.74) is 0.977. The molecule has 3 nitrogen and oxygen atoms in total. The molecule has 1 fully saturated rings. The van der Waals surface area contributed by atoms with Gasteiger partial charge in [-0.3, -0.25) is 0 Å². The molecule has 3 rings (SSSR count). The molecular formula is C13H14ClN3. The highest BCUT2D eigenvalue weighted by Gasteiger charge is 2.17. The number of halogens is 1. The normalized spacial score (nSPS) is 20.6. The van der Waals surface area contributed by atoms with Crippen molar-refractivity contribution in [2.45, 2.75) is 18.8 Å². The number of aromatic nitrogens is 2. The Hall–Kier alpha value is -1.19. The van der Waals surface area contributed by atoms with Crippen LogP contribution in [0.3, 0.4) is 0 Å². The fourth-order valence-electron chi connectivity index (χ4n) is 2.29. The van der Waals surface area contributed by atoms with Crippen LogP contribution in [-0.2, 0) is 0 Å².